The van der Waals surface area contributed by atoms with Gasteiger partial charge in [-0.05, 0) is 25.7 Å². The SMILES string of the molecule is CCCCCC(O)/C=C/[C@H]1[C@H](O)CC(=O)[C@@H]1CCCCCCC(O)O. The molecule has 1 aliphatic rings. The molecule has 0 radical (unpaired) electrons. The van der Waals surface area contributed by atoms with E-state index in [1.165, 1.54) is 0 Å². The van der Waals surface area contributed by atoms with Crippen molar-refractivity contribution in [1.29, 1.82) is 0 Å². The van der Waals surface area contributed by atoms with Gasteiger partial charge < -0.3 is 20.4 Å². The lowest BCUT2D eigenvalue weighted by Crippen LogP contribution is -2.19. The fourth-order valence-electron chi connectivity index (χ4n) is 3.59. The third kappa shape index (κ3) is 8.95. The highest BCUT2D eigenvalue weighted by Crippen LogP contribution is 2.34. The minimum atomic E-state index is -1.23. The van der Waals surface area contributed by atoms with Crippen molar-refractivity contribution in [3.8, 4) is 0 Å². The van der Waals surface area contributed by atoms with Gasteiger partial charge in [-0.1, -0.05) is 57.6 Å². The van der Waals surface area contributed by atoms with E-state index in [0.29, 0.717) is 6.42 Å². The fourth-order valence-corrected chi connectivity index (χ4v) is 3.59. The maximum atomic E-state index is 12.1. The van der Waals surface area contributed by atoms with E-state index in [1.807, 2.05) is 6.08 Å². The molecule has 0 aromatic rings. The molecule has 4 atom stereocenters. The Hall–Kier alpha value is -0.750. The van der Waals surface area contributed by atoms with Crippen LogP contribution >= 0.6 is 0 Å². The number of aliphatic hydroxyl groups is 4. The van der Waals surface area contributed by atoms with Crippen molar-refractivity contribution < 1.29 is 25.2 Å². The molecule has 1 aliphatic carbocycles. The molecule has 25 heavy (non-hydrogen) atoms. The second-order valence-electron chi connectivity index (χ2n) is 7.34. The molecule has 4 N–H and O–H groups in total. The van der Waals surface area contributed by atoms with Crippen molar-refractivity contribution in [3.05, 3.63) is 12.2 Å². The van der Waals surface area contributed by atoms with E-state index >= 15 is 0 Å². The molecule has 1 unspecified atom stereocenters. The zero-order chi connectivity index (χ0) is 18.7. The number of hydrogen-bond acceptors (Lipinski definition) is 5. The van der Waals surface area contributed by atoms with Crippen LogP contribution in [-0.4, -0.2) is 44.7 Å². The van der Waals surface area contributed by atoms with Crippen molar-refractivity contribution in [3.63, 3.8) is 0 Å². The lowest BCUT2D eigenvalue weighted by molar-refractivity contribution is -0.121. The van der Waals surface area contributed by atoms with Crippen LogP contribution in [0.1, 0.15) is 77.6 Å². The largest absolute Gasteiger partial charge is 0.392 e. The molecule has 0 saturated heterocycles. The minimum absolute atomic E-state index is 0.119. The first-order chi connectivity index (χ1) is 12.0. The molecule has 5 nitrogen and oxygen atoms in total. The van der Waals surface area contributed by atoms with E-state index in [-0.39, 0.29) is 24.0 Å². The lowest BCUT2D eigenvalue weighted by Gasteiger charge is -2.18. The summed E-state index contributed by atoms with van der Waals surface area (Å²) in [6.45, 7) is 2.12. The van der Waals surface area contributed by atoms with Crippen LogP contribution in [0.25, 0.3) is 0 Å². The van der Waals surface area contributed by atoms with Gasteiger partial charge in [0.25, 0.3) is 0 Å². The molecule has 1 saturated carbocycles. The van der Waals surface area contributed by atoms with Crippen LogP contribution in [0.2, 0.25) is 0 Å². The summed E-state index contributed by atoms with van der Waals surface area (Å²) in [5, 5.41) is 37.8. The number of aliphatic hydroxyl groups excluding tert-OH is 3. The first kappa shape index (κ1) is 22.3. The number of hydrogen-bond donors (Lipinski definition) is 4. The lowest BCUT2D eigenvalue weighted by atomic mass is 9.88. The molecule has 1 fully saturated rings. The molecule has 0 heterocycles. The van der Waals surface area contributed by atoms with Crippen LogP contribution in [0.4, 0.5) is 0 Å². The Morgan fingerprint density at radius 2 is 1.72 bits per heavy atom. The van der Waals surface area contributed by atoms with Crippen molar-refractivity contribution in [2.75, 3.05) is 0 Å². The number of rotatable bonds is 13. The molecular formula is C20H36O5. The highest BCUT2D eigenvalue weighted by atomic mass is 16.5. The third-order valence-corrected chi connectivity index (χ3v) is 5.12. The monoisotopic (exact) mass is 356 g/mol. The van der Waals surface area contributed by atoms with Crippen LogP contribution in [0.15, 0.2) is 12.2 Å². The summed E-state index contributed by atoms with van der Waals surface area (Å²) in [7, 11) is 0. The van der Waals surface area contributed by atoms with Gasteiger partial charge in [0.1, 0.15) is 5.78 Å². The van der Waals surface area contributed by atoms with Gasteiger partial charge in [0.2, 0.25) is 0 Å². The minimum Gasteiger partial charge on any atom is -0.392 e. The van der Waals surface area contributed by atoms with E-state index in [2.05, 4.69) is 6.92 Å². The third-order valence-electron chi connectivity index (χ3n) is 5.12. The number of unbranched alkanes of at least 4 members (excludes halogenated alkanes) is 5. The highest BCUT2D eigenvalue weighted by molar-refractivity contribution is 5.84. The Balaban J connectivity index is 2.38. The van der Waals surface area contributed by atoms with Crippen LogP contribution in [0.3, 0.4) is 0 Å². The predicted octanol–water partition coefficient (Wildman–Crippen LogP) is 2.70. The van der Waals surface area contributed by atoms with Gasteiger partial charge in [-0.3, -0.25) is 4.79 Å². The molecule has 0 amide bonds. The summed E-state index contributed by atoms with van der Waals surface area (Å²) >= 11 is 0. The Kier molecular flexibility index (Phi) is 11.2. The van der Waals surface area contributed by atoms with E-state index in [4.69, 9.17) is 10.2 Å². The Labute approximate surface area is 151 Å². The Morgan fingerprint density at radius 3 is 2.40 bits per heavy atom. The van der Waals surface area contributed by atoms with Gasteiger partial charge in [0.05, 0.1) is 12.2 Å². The first-order valence-electron chi connectivity index (χ1n) is 9.89. The van der Waals surface area contributed by atoms with E-state index in [1.54, 1.807) is 6.08 Å². The predicted molar refractivity (Wildman–Crippen MR) is 97.8 cm³/mol. The fraction of sp³-hybridized carbons (Fsp3) is 0.850. The number of ketones is 1. The van der Waals surface area contributed by atoms with Crippen molar-refractivity contribution in [1.82, 2.24) is 0 Å². The second-order valence-corrected chi connectivity index (χ2v) is 7.34. The van der Waals surface area contributed by atoms with Crippen LogP contribution in [0.5, 0.6) is 0 Å². The van der Waals surface area contributed by atoms with Gasteiger partial charge in [-0.2, -0.15) is 0 Å². The van der Waals surface area contributed by atoms with Gasteiger partial charge in [-0.15, -0.1) is 0 Å². The second kappa shape index (κ2) is 12.6. The molecule has 0 bridgehead atoms. The summed E-state index contributed by atoms with van der Waals surface area (Å²) in [4.78, 5) is 12.1. The van der Waals surface area contributed by atoms with Crippen LogP contribution in [-0.2, 0) is 4.79 Å². The normalized spacial score (nSPS) is 25.4. The maximum absolute atomic E-state index is 12.1. The Bertz CT molecular complexity index is 394. The van der Waals surface area contributed by atoms with Crippen molar-refractivity contribution in [2.45, 2.75) is 96.1 Å². The highest BCUT2D eigenvalue weighted by Gasteiger charge is 2.39. The maximum Gasteiger partial charge on any atom is 0.151 e. The molecule has 5 heteroatoms. The molecule has 0 aromatic carbocycles. The molecule has 146 valence electrons. The zero-order valence-electron chi connectivity index (χ0n) is 15.5. The molecule has 0 spiro atoms. The topological polar surface area (TPSA) is 98.0 Å². The number of carbonyl (C=O) groups is 1. The molecular weight excluding hydrogens is 320 g/mol. The number of Topliss-reactive ketones (excluding diaryl/α,β-unsaturated/α-hetero) is 1. The summed E-state index contributed by atoms with van der Waals surface area (Å²) in [5.41, 5.74) is 0. The van der Waals surface area contributed by atoms with Gasteiger partial charge in [0.15, 0.2) is 6.29 Å². The summed E-state index contributed by atoms with van der Waals surface area (Å²) in [6.07, 6.45) is 10.0. The quantitative estimate of drug-likeness (QED) is 0.231. The summed E-state index contributed by atoms with van der Waals surface area (Å²) < 4.78 is 0. The van der Waals surface area contributed by atoms with Gasteiger partial charge in [0, 0.05) is 18.3 Å². The van der Waals surface area contributed by atoms with Crippen LogP contribution < -0.4 is 0 Å². The van der Waals surface area contributed by atoms with E-state index in [0.717, 1.165) is 57.8 Å². The zero-order valence-corrected chi connectivity index (χ0v) is 15.5. The average molecular weight is 357 g/mol. The summed E-state index contributed by atoms with van der Waals surface area (Å²) in [5.74, 6) is -0.224. The van der Waals surface area contributed by atoms with E-state index in [9.17, 15) is 15.0 Å². The standard InChI is InChI=1S/C20H36O5/c1-2-3-6-9-15(21)12-13-17-16(18(22)14-19(17)23)10-7-4-5-8-11-20(24)25/h12-13,15-17,19-21,23-25H,2-11,14H2,1H3/b13-12+/t15?,16-,17-,19-/m1/s1. The first-order valence-corrected chi connectivity index (χ1v) is 9.89. The summed E-state index contributed by atoms with van der Waals surface area (Å²) in [6, 6.07) is 0. The Morgan fingerprint density at radius 1 is 1.04 bits per heavy atom. The van der Waals surface area contributed by atoms with E-state index < -0.39 is 18.5 Å². The van der Waals surface area contributed by atoms with Crippen molar-refractivity contribution >= 4 is 5.78 Å². The van der Waals surface area contributed by atoms with Crippen molar-refractivity contribution in [2.24, 2.45) is 11.8 Å². The average Bonchev–Trinajstić information content (AvgIpc) is 2.82. The smallest absolute Gasteiger partial charge is 0.151 e. The van der Waals surface area contributed by atoms with Gasteiger partial charge in [-0.25, -0.2) is 0 Å². The number of carbonyl (C=O) groups excluding carboxylic acids is 1. The molecule has 0 aromatic heterocycles. The van der Waals surface area contributed by atoms with Gasteiger partial charge >= 0.3 is 0 Å². The molecule has 0 aliphatic heterocycles. The van der Waals surface area contributed by atoms with Crippen LogP contribution in [0, 0.1) is 11.8 Å². The molecule has 1 rings (SSSR count).